The Kier molecular flexibility index (Phi) is 10.5. The van der Waals surface area contributed by atoms with Gasteiger partial charge < -0.3 is 26.0 Å². The van der Waals surface area contributed by atoms with Gasteiger partial charge >= 0.3 is 5.97 Å². The van der Waals surface area contributed by atoms with Crippen LogP contribution in [0.15, 0.2) is 48.5 Å². The van der Waals surface area contributed by atoms with E-state index in [9.17, 15) is 22.8 Å². The highest BCUT2D eigenvalue weighted by Crippen LogP contribution is 2.60. The van der Waals surface area contributed by atoms with E-state index in [0.29, 0.717) is 34.0 Å². The number of likely N-dealkylation sites (N-methyl/N-ethyl adjacent to an activating group) is 1. The number of benzene rings is 2. The largest absolute Gasteiger partial charge is 0.463 e. The summed E-state index contributed by atoms with van der Waals surface area (Å²) in [5.41, 5.74) is 6.64. The Labute approximate surface area is 280 Å². The van der Waals surface area contributed by atoms with E-state index in [4.69, 9.17) is 27.5 Å². The van der Waals surface area contributed by atoms with E-state index in [0.717, 1.165) is 49.0 Å². The molecule has 47 heavy (non-hydrogen) atoms. The van der Waals surface area contributed by atoms with Gasteiger partial charge in [-0.15, -0.1) is 0 Å². The van der Waals surface area contributed by atoms with Crippen molar-refractivity contribution in [2.24, 2.45) is 28.9 Å². The Hall–Kier alpha value is -3.68. The molecule has 6 N–H and O–H groups in total. The Balaban J connectivity index is 1.25. The normalized spacial score (nSPS) is 24.2. The lowest BCUT2D eigenvalue weighted by molar-refractivity contribution is -0.172. The van der Waals surface area contributed by atoms with Crippen LogP contribution in [0, 0.1) is 28.6 Å². The lowest BCUT2D eigenvalue weighted by Gasteiger charge is -2.55. The number of halogens is 1. The second-order valence-corrected chi connectivity index (χ2v) is 15.6. The van der Waals surface area contributed by atoms with Gasteiger partial charge in [-0.1, -0.05) is 35.9 Å². The number of nitrogens with two attached hydrogens (primary N) is 1. The minimum atomic E-state index is -4.08. The molecule has 4 aliphatic rings. The maximum Gasteiger partial charge on any atom is 0.312 e. The van der Waals surface area contributed by atoms with Crippen molar-refractivity contribution in [2.75, 3.05) is 19.0 Å². The molecule has 14 heteroatoms. The molecule has 2 aromatic rings. The quantitative estimate of drug-likeness (QED) is 0.121. The SMILES string of the molecule is C[C@@H](C(=O)NCc1ccc(NC(=N)N)cc1)N(C)C(=O)[C@@H](COC(=O)C12CC3CC(CC(C3)C1)C2)NS(=O)(=O)Cc1ccc(Cl)cc1. The van der Waals surface area contributed by atoms with Gasteiger partial charge in [0.1, 0.15) is 18.7 Å². The number of sulfonamides is 1. The summed E-state index contributed by atoms with van der Waals surface area (Å²) >= 11 is 5.95. The molecule has 12 nitrogen and oxygen atoms in total. The Morgan fingerprint density at radius 1 is 1.00 bits per heavy atom. The summed E-state index contributed by atoms with van der Waals surface area (Å²) in [5, 5.41) is 13.2. The van der Waals surface area contributed by atoms with E-state index in [1.807, 2.05) is 0 Å². The average Bonchev–Trinajstić information content (AvgIpc) is 3.01. The maximum absolute atomic E-state index is 13.8. The Morgan fingerprint density at radius 2 is 1.55 bits per heavy atom. The molecule has 4 aliphatic carbocycles. The number of nitrogens with zero attached hydrogens (tertiary/aromatic N) is 1. The second-order valence-electron chi connectivity index (χ2n) is 13.4. The first-order valence-corrected chi connectivity index (χ1v) is 17.9. The van der Waals surface area contributed by atoms with Crippen LogP contribution >= 0.6 is 11.6 Å². The smallest absolute Gasteiger partial charge is 0.312 e. The van der Waals surface area contributed by atoms with Crippen LogP contribution in [-0.4, -0.2) is 62.8 Å². The molecular formula is C33H43ClN6O6S. The number of anilines is 1. The Morgan fingerprint density at radius 3 is 2.11 bits per heavy atom. The first-order valence-electron chi connectivity index (χ1n) is 15.9. The number of ether oxygens (including phenoxy) is 1. The van der Waals surface area contributed by atoms with Gasteiger partial charge in [0.05, 0.1) is 11.2 Å². The van der Waals surface area contributed by atoms with Crippen LogP contribution in [0.1, 0.15) is 56.6 Å². The molecule has 4 bridgehead atoms. The molecule has 0 aliphatic heterocycles. The van der Waals surface area contributed by atoms with Crippen LogP contribution in [-0.2, 0) is 41.4 Å². The van der Waals surface area contributed by atoms with E-state index < -0.39 is 51.7 Å². The molecule has 0 saturated heterocycles. The van der Waals surface area contributed by atoms with Crippen molar-refractivity contribution in [2.45, 2.75) is 69.8 Å². The molecule has 254 valence electrons. The van der Waals surface area contributed by atoms with E-state index >= 15 is 0 Å². The number of nitrogens with one attached hydrogen (secondary N) is 4. The number of rotatable bonds is 13. The number of carbonyl (C=O) groups excluding carboxylic acids is 3. The average molecular weight is 687 g/mol. The van der Waals surface area contributed by atoms with Gasteiger partial charge in [0, 0.05) is 24.3 Å². The molecule has 0 aromatic heterocycles. The molecule has 6 rings (SSSR count). The minimum Gasteiger partial charge on any atom is -0.463 e. The molecule has 0 spiro atoms. The molecule has 0 heterocycles. The van der Waals surface area contributed by atoms with Crippen molar-refractivity contribution in [3.63, 3.8) is 0 Å². The lowest BCUT2D eigenvalue weighted by Crippen LogP contribution is -2.56. The van der Waals surface area contributed by atoms with E-state index in [2.05, 4.69) is 15.4 Å². The molecule has 4 fully saturated rings. The number of hydrogen-bond donors (Lipinski definition) is 5. The topological polar surface area (TPSA) is 184 Å². The fraction of sp³-hybridized carbons (Fsp3) is 0.515. The van der Waals surface area contributed by atoms with Gasteiger partial charge in [-0.2, -0.15) is 4.72 Å². The van der Waals surface area contributed by atoms with Crippen LogP contribution < -0.4 is 21.1 Å². The summed E-state index contributed by atoms with van der Waals surface area (Å²) in [5.74, 6) is -0.633. The van der Waals surface area contributed by atoms with Crippen LogP contribution in [0.2, 0.25) is 5.02 Å². The highest BCUT2D eigenvalue weighted by atomic mass is 35.5. The summed E-state index contributed by atoms with van der Waals surface area (Å²) < 4.78 is 34.8. The van der Waals surface area contributed by atoms with Crippen molar-refractivity contribution in [3.8, 4) is 0 Å². The zero-order valence-electron chi connectivity index (χ0n) is 26.6. The fourth-order valence-corrected chi connectivity index (χ4v) is 9.14. The molecular weight excluding hydrogens is 644 g/mol. The van der Waals surface area contributed by atoms with Crippen molar-refractivity contribution in [3.05, 3.63) is 64.7 Å². The second kappa shape index (κ2) is 14.2. The van der Waals surface area contributed by atoms with Crippen LogP contribution in [0.25, 0.3) is 0 Å². The number of carbonyl (C=O) groups is 3. The third-order valence-corrected chi connectivity index (χ3v) is 11.4. The monoisotopic (exact) mass is 686 g/mol. The zero-order valence-corrected chi connectivity index (χ0v) is 28.2. The summed E-state index contributed by atoms with van der Waals surface area (Å²) in [4.78, 5) is 41.6. The van der Waals surface area contributed by atoms with Crippen LogP contribution in [0.3, 0.4) is 0 Å². The summed E-state index contributed by atoms with van der Waals surface area (Å²) in [7, 11) is -2.67. The van der Waals surface area contributed by atoms with Gasteiger partial charge in [0.25, 0.3) is 0 Å². The molecule has 0 radical (unpaired) electrons. The maximum atomic E-state index is 13.8. The third-order valence-electron chi connectivity index (χ3n) is 9.75. The zero-order chi connectivity index (χ0) is 33.9. The number of guanidine groups is 1. The highest BCUT2D eigenvalue weighted by molar-refractivity contribution is 7.88. The van der Waals surface area contributed by atoms with Crippen LogP contribution in [0.5, 0.6) is 0 Å². The lowest BCUT2D eigenvalue weighted by atomic mass is 9.49. The number of hydrogen-bond acceptors (Lipinski definition) is 7. The first kappa shape index (κ1) is 34.6. The minimum absolute atomic E-state index is 0.172. The van der Waals surface area contributed by atoms with E-state index in [1.165, 1.54) is 14.0 Å². The summed E-state index contributed by atoms with van der Waals surface area (Å²) in [6, 6.07) is 10.9. The highest BCUT2D eigenvalue weighted by Gasteiger charge is 2.55. The molecule has 2 aromatic carbocycles. The van der Waals surface area contributed by atoms with Gasteiger partial charge in [0.2, 0.25) is 21.8 Å². The summed E-state index contributed by atoms with van der Waals surface area (Å²) in [6.45, 7) is 1.22. The van der Waals surface area contributed by atoms with Gasteiger partial charge in [0.15, 0.2) is 5.96 Å². The van der Waals surface area contributed by atoms with Crippen molar-refractivity contribution in [1.29, 1.82) is 5.41 Å². The predicted octanol–water partition coefficient (Wildman–Crippen LogP) is 3.36. The predicted molar refractivity (Wildman–Crippen MR) is 179 cm³/mol. The molecule has 4 saturated carbocycles. The van der Waals surface area contributed by atoms with E-state index in [-0.39, 0.29) is 18.5 Å². The first-order chi connectivity index (χ1) is 22.2. The van der Waals surface area contributed by atoms with Crippen molar-refractivity contribution < 1.29 is 27.5 Å². The Bertz CT molecular complexity index is 1560. The van der Waals surface area contributed by atoms with Gasteiger partial charge in [-0.3, -0.25) is 19.8 Å². The van der Waals surface area contributed by atoms with E-state index in [1.54, 1.807) is 48.5 Å². The van der Waals surface area contributed by atoms with Gasteiger partial charge in [-0.25, -0.2) is 8.42 Å². The standard InChI is InChI=1S/C33H43ClN6O6S/c1-20(29(41)37-17-21-5-9-27(10-6-21)38-32(35)36)40(2)30(42)28(39-47(44,45)19-22-3-7-26(34)8-4-22)18-46-31(43)33-14-23-11-24(15-33)13-25(12-23)16-33/h3-10,20,23-25,28,39H,11-19H2,1-2H3,(H,37,41)(H4,35,36,38)/t20-,23?,24?,25?,28+,33?/m0/s1. The molecule has 0 unspecified atom stereocenters. The summed E-state index contributed by atoms with van der Waals surface area (Å²) in [6.07, 6.45) is 5.74. The molecule has 2 amide bonds. The third kappa shape index (κ3) is 8.62. The van der Waals surface area contributed by atoms with Crippen molar-refractivity contribution >= 4 is 51.1 Å². The van der Waals surface area contributed by atoms with Gasteiger partial charge in [-0.05, 0) is 98.6 Å². The number of esters is 1. The molecule has 2 atom stereocenters. The van der Waals surface area contributed by atoms with Crippen LogP contribution in [0.4, 0.5) is 5.69 Å². The number of amides is 2. The van der Waals surface area contributed by atoms with Crippen molar-refractivity contribution in [1.82, 2.24) is 14.9 Å². The fourth-order valence-electron chi connectivity index (χ4n) is 7.70.